The average molecular weight is 170 g/mol. The molecule has 0 aliphatic carbocycles. The molecule has 0 saturated carbocycles. The molecule has 0 aromatic heterocycles. The molecule has 1 fully saturated rings. The maximum absolute atomic E-state index is 11.4. The summed E-state index contributed by atoms with van der Waals surface area (Å²) in [5.41, 5.74) is 0. The Kier molecular flexibility index (Phi) is 3.53. The molecule has 3 heteroatoms. The van der Waals surface area contributed by atoms with Crippen molar-refractivity contribution in [1.82, 2.24) is 10.6 Å². The fourth-order valence-corrected chi connectivity index (χ4v) is 1.34. The summed E-state index contributed by atoms with van der Waals surface area (Å²) in [7, 11) is 0. The summed E-state index contributed by atoms with van der Waals surface area (Å²) in [6, 6.07) is 0.0729. The number of hydrogen-bond donors (Lipinski definition) is 2. The van der Waals surface area contributed by atoms with E-state index in [1.165, 1.54) is 0 Å². The van der Waals surface area contributed by atoms with Crippen LogP contribution in [0.5, 0.6) is 0 Å². The highest BCUT2D eigenvalue weighted by Gasteiger charge is 2.21. The number of carbonyl (C=O) groups is 1. The molecule has 2 N–H and O–H groups in total. The van der Waals surface area contributed by atoms with Crippen molar-refractivity contribution in [2.45, 2.75) is 32.7 Å². The maximum Gasteiger partial charge on any atom is 0.237 e. The Hall–Kier alpha value is -0.570. The summed E-state index contributed by atoms with van der Waals surface area (Å²) >= 11 is 0. The standard InChI is InChI=1S/C9H18N2O/c1-7(2)6-11-9(12)8-4-3-5-10-8/h7-8,10H,3-6H2,1-2H3,(H,11,12). The lowest BCUT2D eigenvalue weighted by molar-refractivity contribution is -0.122. The third-order valence-corrected chi connectivity index (χ3v) is 2.06. The van der Waals surface area contributed by atoms with Crippen LogP contribution in [0.1, 0.15) is 26.7 Å². The summed E-state index contributed by atoms with van der Waals surface area (Å²) in [4.78, 5) is 11.4. The minimum absolute atomic E-state index is 0.0729. The predicted molar refractivity (Wildman–Crippen MR) is 48.9 cm³/mol. The SMILES string of the molecule is CC(C)CNC(=O)C1CCCN1. The molecule has 12 heavy (non-hydrogen) atoms. The predicted octanol–water partition coefficient (Wildman–Crippen LogP) is 0.511. The number of nitrogens with one attached hydrogen (secondary N) is 2. The van der Waals surface area contributed by atoms with Gasteiger partial charge in [-0.15, -0.1) is 0 Å². The van der Waals surface area contributed by atoms with E-state index in [1.807, 2.05) is 0 Å². The zero-order chi connectivity index (χ0) is 8.97. The second-order valence-electron chi connectivity index (χ2n) is 3.79. The van der Waals surface area contributed by atoms with Gasteiger partial charge in [0.05, 0.1) is 6.04 Å². The Bertz CT molecular complexity index is 151. The molecule has 3 nitrogen and oxygen atoms in total. The Morgan fingerprint density at radius 3 is 2.92 bits per heavy atom. The van der Waals surface area contributed by atoms with Crippen LogP contribution in [0.4, 0.5) is 0 Å². The van der Waals surface area contributed by atoms with E-state index in [0.29, 0.717) is 5.92 Å². The van der Waals surface area contributed by atoms with Crippen LogP contribution in [-0.2, 0) is 4.79 Å². The largest absolute Gasteiger partial charge is 0.354 e. The molecule has 1 amide bonds. The van der Waals surface area contributed by atoms with Crippen LogP contribution >= 0.6 is 0 Å². The van der Waals surface area contributed by atoms with Gasteiger partial charge in [-0.2, -0.15) is 0 Å². The Morgan fingerprint density at radius 1 is 1.67 bits per heavy atom. The highest BCUT2D eigenvalue weighted by Crippen LogP contribution is 2.04. The van der Waals surface area contributed by atoms with Crippen molar-refractivity contribution in [2.24, 2.45) is 5.92 Å². The van der Waals surface area contributed by atoms with Crippen molar-refractivity contribution < 1.29 is 4.79 Å². The first-order valence-electron chi connectivity index (χ1n) is 4.71. The smallest absolute Gasteiger partial charge is 0.237 e. The van der Waals surface area contributed by atoms with Gasteiger partial charge < -0.3 is 10.6 Å². The molecule has 1 rings (SSSR count). The van der Waals surface area contributed by atoms with Crippen molar-refractivity contribution in [1.29, 1.82) is 0 Å². The van der Waals surface area contributed by atoms with Gasteiger partial charge >= 0.3 is 0 Å². The maximum atomic E-state index is 11.4. The molecule has 1 heterocycles. The van der Waals surface area contributed by atoms with Crippen LogP contribution in [0.25, 0.3) is 0 Å². The molecule has 1 aliphatic rings. The summed E-state index contributed by atoms with van der Waals surface area (Å²) < 4.78 is 0. The minimum atomic E-state index is 0.0729. The number of carbonyl (C=O) groups excluding carboxylic acids is 1. The molecular weight excluding hydrogens is 152 g/mol. The van der Waals surface area contributed by atoms with Gasteiger partial charge in [0.2, 0.25) is 5.91 Å². The molecule has 0 aromatic carbocycles. The summed E-state index contributed by atoms with van der Waals surface area (Å²) in [6.07, 6.45) is 2.11. The van der Waals surface area contributed by atoms with Crippen LogP contribution in [0.15, 0.2) is 0 Å². The second kappa shape index (κ2) is 4.45. The molecule has 0 spiro atoms. The van der Waals surface area contributed by atoms with Crippen molar-refractivity contribution in [2.75, 3.05) is 13.1 Å². The number of amides is 1. The third-order valence-electron chi connectivity index (χ3n) is 2.06. The average Bonchev–Trinajstić information content (AvgIpc) is 2.51. The quantitative estimate of drug-likeness (QED) is 0.648. The van der Waals surface area contributed by atoms with E-state index in [1.54, 1.807) is 0 Å². The topological polar surface area (TPSA) is 41.1 Å². The van der Waals surface area contributed by atoms with Gasteiger partial charge in [-0.1, -0.05) is 13.8 Å². The summed E-state index contributed by atoms with van der Waals surface area (Å²) in [6.45, 7) is 5.97. The first-order valence-corrected chi connectivity index (χ1v) is 4.71. The molecule has 0 aromatic rings. The van der Waals surface area contributed by atoms with Crippen LogP contribution < -0.4 is 10.6 Å². The van der Waals surface area contributed by atoms with E-state index in [-0.39, 0.29) is 11.9 Å². The van der Waals surface area contributed by atoms with Crippen LogP contribution in [0, 0.1) is 5.92 Å². The first-order chi connectivity index (χ1) is 5.70. The fourth-order valence-electron chi connectivity index (χ4n) is 1.34. The zero-order valence-electron chi connectivity index (χ0n) is 7.89. The van der Waals surface area contributed by atoms with Crippen LogP contribution in [0.2, 0.25) is 0 Å². The van der Waals surface area contributed by atoms with Gasteiger partial charge in [0.15, 0.2) is 0 Å². The van der Waals surface area contributed by atoms with Gasteiger partial charge in [-0.05, 0) is 25.3 Å². The fraction of sp³-hybridized carbons (Fsp3) is 0.889. The molecular formula is C9H18N2O. The van der Waals surface area contributed by atoms with Gasteiger partial charge in [0.1, 0.15) is 0 Å². The second-order valence-corrected chi connectivity index (χ2v) is 3.79. The van der Waals surface area contributed by atoms with E-state index in [9.17, 15) is 4.79 Å². The number of rotatable bonds is 3. The lowest BCUT2D eigenvalue weighted by Crippen LogP contribution is -2.41. The van der Waals surface area contributed by atoms with Crippen LogP contribution in [-0.4, -0.2) is 25.0 Å². The van der Waals surface area contributed by atoms with E-state index >= 15 is 0 Å². The van der Waals surface area contributed by atoms with E-state index in [0.717, 1.165) is 25.9 Å². The van der Waals surface area contributed by atoms with Crippen molar-refractivity contribution >= 4 is 5.91 Å². The van der Waals surface area contributed by atoms with Crippen molar-refractivity contribution in [3.63, 3.8) is 0 Å². The van der Waals surface area contributed by atoms with Gasteiger partial charge in [-0.3, -0.25) is 4.79 Å². The Morgan fingerprint density at radius 2 is 2.42 bits per heavy atom. The molecule has 1 atom stereocenters. The summed E-state index contributed by atoms with van der Waals surface area (Å²) in [5, 5.41) is 6.09. The van der Waals surface area contributed by atoms with E-state index in [2.05, 4.69) is 24.5 Å². The molecule has 1 unspecified atom stereocenters. The zero-order valence-corrected chi connectivity index (χ0v) is 7.89. The van der Waals surface area contributed by atoms with Crippen LogP contribution in [0.3, 0.4) is 0 Å². The first kappa shape index (κ1) is 9.52. The molecule has 0 bridgehead atoms. The highest BCUT2D eigenvalue weighted by atomic mass is 16.2. The molecule has 1 saturated heterocycles. The minimum Gasteiger partial charge on any atom is -0.354 e. The highest BCUT2D eigenvalue weighted by molar-refractivity contribution is 5.81. The Balaban J connectivity index is 2.18. The number of hydrogen-bond acceptors (Lipinski definition) is 2. The van der Waals surface area contributed by atoms with Gasteiger partial charge in [0, 0.05) is 6.54 Å². The third kappa shape index (κ3) is 2.81. The lowest BCUT2D eigenvalue weighted by atomic mass is 10.2. The normalized spacial score (nSPS) is 23.1. The Labute approximate surface area is 73.9 Å². The van der Waals surface area contributed by atoms with Gasteiger partial charge in [0.25, 0.3) is 0 Å². The van der Waals surface area contributed by atoms with E-state index in [4.69, 9.17) is 0 Å². The van der Waals surface area contributed by atoms with Crippen molar-refractivity contribution in [3.8, 4) is 0 Å². The molecule has 0 radical (unpaired) electrons. The molecule has 1 aliphatic heterocycles. The van der Waals surface area contributed by atoms with E-state index < -0.39 is 0 Å². The lowest BCUT2D eigenvalue weighted by Gasteiger charge is -2.12. The van der Waals surface area contributed by atoms with Crippen molar-refractivity contribution in [3.05, 3.63) is 0 Å². The summed E-state index contributed by atoms with van der Waals surface area (Å²) in [5.74, 6) is 0.705. The monoisotopic (exact) mass is 170 g/mol. The van der Waals surface area contributed by atoms with Gasteiger partial charge in [-0.25, -0.2) is 0 Å². The molecule has 70 valence electrons.